The average Bonchev–Trinajstić information content (AvgIpc) is 4.05. The number of fused-ring (bicyclic) bond motifs is 1. The zero-order valence-electron chi connectivity index (χ0n) is 40.4. The number of ether oxygens (including phenoxy) is 3. The fraction of sp³-hybridized carbons (Fsp3) is 0.510. The van der Waals surface area contributed by atoms with E-state index in [1.807, 2.05) is 79.7 Å². The van der Waals surface area contributed by atoms with Crippen molar-refractivity contribution in [2.24, 2.45) is 16.2 Å². The van der Waals surface area contributed by atoms with Gasteiger partial charge in [-0.15, -0.1) is 26.6 Å². The number of likely N-dealkylation sites (tertiary alicyclic amines) is 1. The van der Waals surface area contributed by atoms with Crippen molar-refractivity contribution in [3.8, 4) is 22.1 Å². The molecule has 4 N–H and O–H groups in total. The Balaban J connectivity index is 0.812. The fourth-order valence-corrected chi connectivity index (χ4v) is 10.3. The van der Waals surface area contributed by atoms with E-state index in [9.17, 15) is 37.5 Å². The molecule has 2 fully saturated rings. The van der Waals surface area contributed by atoms with Crippen molar-refractivity contribution >= 4 is 40.6 Å². The number of amides is 4. The lowest BCUT2D eigenvalue weighted by Crippen LogP contribution is -2.74. The lowest BCUT2D eigenvalue weighted by molar-refractivity contribution is -0.166. The summed E-state index contributed by atoms with van der Waals surface area (Å²) < 4.78 is 58.6. The topological polar surface area (TPSA) is 212 Å². The maximum Gasteiger partial charge on any atom is 0.453 e. The molecule has 7 rings (SSSR count). The molecule has 21 heteroatoms. The summed E-state index contributed by atoms with van der Waals surface area (Å²) in [5.74, 6) is -2.39. The van der Waals surface area contributed by atoms with Gasteiger partial charge in [0.1, 0.15) is 30.5 Å². The van der Waals surface area contributed by atoms with Gasteiger partial charge in [0, 0.05) is 54.6 Å². The number of aliphatic hydroxyl groups excluding tert-OH is 1. The van der Waals surface area contributed by atoms with E-state index in [4.69, 9.17) is 14.2 Å². The molecule has 3 atom stereocenters. The Morgan fingerprint density at radius 3 is 2.26 bits per heavy atom. The number of β-amino-alcohol motifs (C(OH)–C–C–N with tert-alkyl or cyclic N) is 1. The third-order valence-corrected chi connectivity index (χ3v) is 13.8. The van der Waals surface area contributed by atoms with Crippen molar-refractivity contribution < 1.29 is 51.7 Å². The van der Waals surface area contributed by atoms with Crippen molar-refractivity contribution in [3.63, 3.8) is 0 Å². The van der Waals surface area contributed by atoms with Gasteiger partial charge in [-0.25, -0.2) is 4.98 Å². The molecular formula is C49H60F3N9O8S. The standard InChI is InChI=1S/C49H60F3N9O8S/c1-28-38(70-27-54-28)30-13-11-29(12-14-30)24-53-41(65)34-23-32(62)25-60(34)42(66)39(46(2,3)4)55-36(63)26-67-21-9-10-22-68-33-17-15-31(16-18-33)40(64)56-43-47(5,6)44(48(43,7)8)69-37-20-19-35-57-58-45(49(50,51)52)61(35)59-37/h11-20,27,32,34,39,43-44,62H,9-10,21-26H2,1-8H3,(H,53,65)(H,55,63)(H,56,64)/t32?,34?,39?,43-,44-. The summed E-state index contributed by atoms with van der Waals surface area (Å²) in [7, 11) is 0. The molecule has 0 spiro atoms. The third-order valence-electron chi connectivity index (χ3n) is 12.9. The van der Waals surface area contributed by atoms with E-state index >= 15 is 0 Å². The largest absolute Gasteiger partial charge is 0.494 e. The number of carbonyl (C=O) groups is 4. The van der Waals surface area contributed by atoms with Crippen molar-refractivity contribution in [1.82, 2.24) is 45.6 Å². The van der Waals surface area contributed by atoms with Crippen LogP contribution in [0.3, 0.4) is 0 Å². The van der Waals surface area contributed by atoms with Gasteiger partial charge in [0.15, 0.2) is 5.65 Å². The molecule has 4 heterocycles. The molecule has 17 nitrogen and oxygen atoms in total. The number of hydrogen-bond acceptors (Lipinski definition) is 13. The molecule has 1 aliphatic carbocycles. The number of nitrogens with one attached hydrogen (secondary N) is 3. The van der Waals surface area contributed by atoms with Crippen LogP contribution in [-0.4, -0.2) is 115 Å². The number of thiazole rings is 1. The summed E-state index contributed by atoms with van der Waals surface area (Å²) in [5, 5.41) is 30.1. The summed E-state index contributed by atoms with van der Waals surface area (Å²) >= 11 is 1.56. The minimum absolute atomic E-state index is 0.0312. The minimum atomic E-state index is -4.75. The Hall–Kier alpha value is -6.19. The Bertz CT molecular complexity index is 2650. The molecule has 5 aromatic rings. The highest BCUT2D eigenvalue weighted by Gasteiger charge is 2.64. The van der Waals surface area contributed by atoms with Crippen LogP contribution in [0.15, 0.2) is 66.2 Å². The molecule has 0 bridgehead atoms. The van der Waals surface area contributed by atoms with E-state index in [2.05, 4.69) is 36.2 Å². The van der Waals surface area contributed by atoms with Crippen LogP contribution in [0.5, 0.6) is 11.6 Å². The van der Waals surface area contributed by atoms with Crippen molar-refractivity contribution in [3.05, 3.63) is 88.8 Å². The number of carbonyl (C=O) groups excluding carboxylic acids is 4. The number of halogens is 3. The molecule has 0 radical (unpaired) electrons. The van der Waals surface area contributed by atoms with Gasteiger partial charge >= 0.3 is 6.18 Å². The lowest BCUT2D eigenvalue weighted by atomic mass is 9.49. The molecule has 70 heavy (non-hydrogen) atoms. The second kappa shape index (κ2) is 20.6. The van der Waals surface area contributed by atoms with Crippen LogP contribution in [-0.2, 0) is 31.8 Å². The molecular weight excluding hydrogens is 932 g/mol. The summed E-state index contributed by atoms with van der Waals surface area (Å²) in [6.45, 7) is 15.5. The fourth-order valence-electron chi connectivity index (χ4n) is 9.49. The van der Waals surface area contributed by atoms with E-state index in [1.54, 1.807) is 41.1 Å². The Labute approximate surface area is 407 Å². The average molecular weight is 992 g/mol. The number of hydrogen-bond donors (Lipinski definition) is 4. The maximum absolute atomic E-state index is 14.0. The van der Waals surface area contributed by atoms with Gasteiger partial charge in [0.25, 0.3) is 11.7 Å². The first-order chi connectivity index (χ1) is 32.9. The van der Waals surface area contributed by atoms with Gasteiger partial charge in [-0.1, -0.05) is 72.7 Å². The van der Waals surface area contributed by atoms with Crippen LogP contribution >= 0.6 is 11.3 Å². The SMILES string of the molecule is Cc1ncsc1-c1ccc(CNC(=O)C2CC(O)CN2C(=O)C(NC(=O)COCCCCOc2ccc(C(=O)N[C@H]3C(C)(C)[C@H](Oc4ccc5nnc(C(F)(F)F)n5n4)C3(C)C)cc2)C(C)(C)C)cc1. The van der Waals surface area contributed by atoms with Crippen molar-refractivity contribution in [1.29, 1.82) is 0 Å². The van der Waals surface area contributed by atoms with E-state index in [1.165, 1.54) is 17.0 Å². The Morgan fingerprint density at radius 1 is 0.929 bits per heavy atom. The van der Waals surface area contributed by atoms with Gasteiger partial charge in [-0.2, -0.15) is 17.7 Å². The second-order valence-electron chi connectivity index (χ2n) is 20.1. The van der Waals surface area contributed by atoms with Crippen LogP contribution < -0.4 is 25.4 Å². The van der Waals surface area contributed by atoms with Gasteiger partial charge in [0.05, 0.1) is 28.8 Å². The molecule has 1 aliphatic heterocycles. The molecule has 1 saturated heterocycles. The lowest BCUT2D eigenvalue weighted by Gasteiger charge is -2.62. The van der Waals surface area contributed by atoms with E-state index < -0.39 is 70.3 Å². The summed E-state index contributed by atoms with van der Waals surface area (Å²) in [4.78, 5) is 60.6. The highest BCUT2D eigenvalue weighted by atomic mass is 32.1. The second-order valence-corrected chi connectivity index (χ2v) is 20.9. The highest BCUT2D eigenvalue weighted by molar-refractivity contribution is 7.13. The zero-order valence-corrected chi connectivity index (χ0v) is 41.2. The number of aliphatic hydroxyl groups is 1. The van der Waals surface area contributed by atoms with Crippen molar-refractivity contribution in [2.75, 3.05) is 26.4 Å². The monoisotopic (exact) mass is 991 g/mol. The summed E-state index contributed by atoms with van der Waals surface area (Å²) in [6, 6.07) is 15.0. The summed E-state index contributed by atoms with van der Waals surface area (Å²) in [6.07, 6.45) is -4.90. The summed E-state index contributed by atoms with van der Waals surface area (Å²) in [5.41, 5.74) is 3.03. The number of rotatable bonds is 18. The minimum Gasteiger partial charge on any atom is -0.494 e. The number of benzene rings is 2. The van der Waals surface area contributed by atoms with Crippen LogP contribution in [0.25, 0.3) is 16.1 Å². The third kappa shape index (κ3) is 11.5. The van der Waals surface area contributed by atoms with Crippen LogP contribution in [0, 0.1) is 23.2 Å². The smallest absolute Gasteiger partial charge is 0.453 e. The molecule has 376 valence electrons. The molecule has 2 aromatic carbocycles. The Morgan fingerprint density at radius 2 is 1.61 bits per heavy atom. The number of alkyl halides is 3. The number of nitrogens with zero attached hydrogens (tertiary/aromatic N) is 6. The van der Waals surface area contributed by atoms with Crippen LogP contribution in [0.4, 0.5) is 13.2 Å². The van der Waals surface area contributed by atoms with Crippen LogP contribution in [0.1, 0.15) is 95.2 Å². The zero-order chi connectivity index (χ0) is 50.8. The number of unbranched alkanes of at least 4 members (excludes halogenated alkanes) is 1. The molecule has 1 saturated carbocycles. The first kappa shape index (κ1) is 51.7. The van der Waals surface area contributed by atoms with Crippen LogP contribution in [0.2, 0.25) is 0 Å². The molecule has 3 aromatic heterocycles. The number of aromatic nitrogens is 5. The van der Waals surface area contributed by atoms with Crippen molar-refractivity contribution in [2.45, 2.75) is 118 Å². The Kier molecular flexibility index (Phi) is 15.2. The molecule has 2 aliphatic rings. The first-order valence-electron chi connectivity index (χ1n) is 23.1. The normalized spacial score (nSPS) is 20.1. The highest BCUT2D eigenvalue weighted by Crippen LogP contribution is 2.55. The quantitative estimate of drug-likeness (QED) is 0.0727. The van der Waals surface area contributed by atoms with E-state index in [-0.39, 0.29) is 56.2 Å². The maximum atomic E-state index is 14.0. The number of aryl methyl sites for hydroxylation is 1. The van der Waals surface area contributed by atoms with Gasteiger partial charge in [-0.05, 0) is 66.6 Å². The van der Waals surface area contributed by atoms with Gasteiger partial charge in [0.2, 0.25) is 23.6 Å². The molecule has 3 unspecified atom stereocenters. The van der Waals surface area contributed by atoms with Gasteiger partial charge < -0.3 is 40.2 Å². The molecule has 4 amide bonds. The first-order valence-corrected chi connectivity index (χ1v) is 24.0. The predicted octanol–water partition coefficient (Wildman–Crippen LogP) is 6.17. The van der Waals surface area contributed by atoms with E-state index in [0.29, 0.717) is 35.3 Å². The predicted molar refractivity (Wildman–Crippen MR) is 253 cm³/mol. The van der Waals surface area contributed by atoms with Gasteiger partial charge in [-0.3, -0.25) is 19.2 Å². The van der Waals surface area contributed by atoms with E-state index in [0.717, 1.165) is 21.7 Å².